The summed E-state index contributed by atoms with van der Waals surface area (Å²) in [6, 6.07) is 71.7. The molecular weight excluding hydrogens is 709 g/mol. The van der Waals surface area contributed by atoms with Crippen molar-refractivity contribution >= 4 is 60.5 Å². The van der Waals surface area contributed by atoms with Crippen molar-refractivity contribution in [3.63, 3.8) is 0 Å². The van der Waals surface area contributed by atoms with E-state index in [0.29, 0.717) is 5.82 Å². The number of hydrogen-bond donors (Lipinski definition) is 0. The van der Waals surface area contributed by atoms with Gasteiger partial charge in [-0.2, -0.15) is 0 Å². The van der Waals surface area contributed by atoms with Crippen LogP contribution in [-0.4, -0.2) is 15.2 Å². The summed E-state index contributed by atoms with van der Waals surface area (Å²) < 4.78 is 6.72. The number of aromatic nitrogens is 3. The van der Waals surface area contributed by atoms with Crippen LogP contribution in [0.15, 0.2) is 211 Å². The van der Waals surface area contributed by atoms with Crippen molar-refractivity contribution in [1.82, 2.24) is 15.2 Å². The zero-order valence-electron chi connectivity index (χ0n) is 31.3. The maximum Gasteiger partial charge on any atom is 0.183 e. The zero-order chi connectivity index (χ0) is 38.4. The van der Waals surface area contributed by atoms with E-state index >= 15 is 0 Å². The van der Waals surface area contributed by atoms with Gasteiger partial charge in [0, 0.05) is 44.5 Å². The summed E-state index contributed by atoms with van der Waals surface area (Å²) in [4.78, 5) is 7.64. The highest BCUT2D eigenvalue weighted by Gasteiger charge is 2.22. The highest BCUT2D eigenvalue weighted by atomic mass is 16.3. The van der Waals surface area contributed by atoms with Crippen LogP contribution < -0.4 is 4.90 Å². The Balaban J connectivity index is 1.10. The molecule has 11 aromatic rings. The predicted molar refractivity (Wildman–Crippen MR) is 239 cm³/mol. The van der Waals surface area contributed by atoms with Crippen LogP contribution in [0, 0.1) is 0 Å². The summed E-state index contributed by atoms with van der Waals surface area (Å²) >= 11 is 0. The molecule has 272 valence electrons. The molecule has 0 aliphatic carbocycles. The van der Waals surface area contributed by atoms with Gasteiger partial charge in [-0.3, -0.25) is 0 Å². The standard InChI is InChI=1S/C53H34N4O/c1-4-16-38(17-5-1)51-52(39-18-6-2-7-19-39)55-56-53(54-51)46-33-41(34-48-50(46)49-45-23-13-12-15-37(45)27-31-47(49)58-48)36-24-28-43(29-25-36)57(42-21-8-3-9-22-42)44-30-26-35-14-10-11-20-40(35)32-44/h1-34H. The molecule has 58 heavy (non-hydrogen) atoms. The first-order valence-electron chi connectivity index (χ1n) is 19.4. The third kappa shape index (κ3) is 5.85. The van der Waals surface area contributed by atoms with E-state index in [1.54, 1.807) is 0 Å². The van der Waals surface area contributed by atoms with Crippen LogP contribution in [-0.2, 0) is 0 Å². The smallest absolute Gasteiger partial charge is 0.183 e. The second-order valence-corrected chi connectivity index (χ2v) is 14.5. The largest absolute Gasteiger partial charge is 0.456 e. The molecule has 0 aliphatic heterocycles. The lowest BCUT2D eigenvalue weighted by Crippen LogP contribution is -2.09. The summed E-state index contributed by atoms with van der Waals surface area (Å²) in [5.41, 5.74) is 11.1. The molecule has 9 aromatic carbocycles. The lowest BCUT2D eigenvalue weighted by Gasteiger charge is -2.26. The third-order valence-corrected chi connectivity index (χ3v) is 10.9. The maximum absolute atomic E-state index is 6.72. The van der Waals surface area contributed by atoms with Gasteiger partial charge in [-0.05, 0) is 87.3 Å². The SMILES string of the molecule is c1ccc(-c2nnc(-c3cc(-c4ccc(N(c5ccccc5)c5ccc6ccccc6c5)cc4)cc4oc5ccc6ccccc6c5c34)nc2-c2ccccc2)cc1. The molecule has 2 aromatic heterocycles. The predicted octanol–water partition coefficient (Wildman–Crippen LogP) is 14.2. The van der Waals surface area contributed by atoms with Crippen molar-refractivity contribution in [3.8, 4) is 45.0 Å². The number of anilines is 3. The Labute approximate surface area is 335 Å². The lowest BCUT2D eigenvalue weighted by molar-refractivity contribution is 0.669. The Morgan fingerprint density at radius 2 is 0.966 bits per heavy atom. The fourth-order valence-corrected chi connectivity index (χ4v) is 8.18. The van der Waals surface area contributed by atoms with Crippen molar-refractivity contribution in [3.05, 3.63) is 206 Å². The fraction of sp³-hybridized carbons (Fsp3) is 0. The molecule has 0 unspecified atom stereocenters. The van der Waals surface area contributed by atoms with Gasteiger partial charge in [0.2, 0.25) is 0 Å². The Morgan fingerprint density at radius 3 is 1.72 bits per heavy atom. The normalized spacial score (nSPS) is 11.4. The Morgan fingerprint density at radius 1 is 0.362 bits per heavy atom. The van der Waals surface area contributed by atoms with Crippen molar-refractivity contribution < 1.29 is 4.42 Å². The van der Waals surface area contributed by atoms with Crippen LogP contribution in [0.4, 0.5) is 17.1 Å². The van der Waals surface area contributed by atoms with Gasteiger partial charge in [-0.1, -0.05) is 152 Å². The molecule has 11 rings (SSSR count). The summed E-state index contributed by atoms with van der Waals surface area (Å²) in [6.07, 6.45) is 0. The van der Waals surface area contributed by atoms with Crippen LogP contribution in [0.1, 0.15) is 0 Å². The van der Waals surface area contributed by atoms with Crippen LogP contribution in [0.2, 0.25) is 0 Å². The molecule has 0 fully saturated rings. The number of nitrogens with zero attached hydrogens (tertiary/aromatic N) is 4. The quantitative estimate of drug-likeness (QED) is 0.163. The highest BCUT2D eigenvalue weighted by Crippen LogP contribution is 2.43. The number of furan rings is 1. The molecule has 0 saturated heterocycles. The summed E-state index contributed by atoms with van der Waals surface area (Å²) in [5, 5.41) is 16.4. The first-order valence-corrected chi connectivity index (χ1v) is 19.4. The van der Waals surface area contributed by atoms with Crippen LogP contribution in [0.25, 0.3) is 88.5 Å². The zero-order valence-corrected chi connectivity index (χ0v) is 31.3. The van der Waals surface area contributed by atoms with Gasteiger partial charge in [0.15, 0.2) is 5.82 Å². The minimum Gasteiger partial charge on any atom is -0.456 e. The second kappa shape index (κ2) is 14.0. The second-order valence-electron chi connectivity index (χ2n) is 14.5. The Hall–Kier alpha value is -7.89. The minimum atomic E-state index is 0.532. The molecule has 0 spiro atoms. The van der Waals surface area contributed by atoms with Crippen LogP contribution >= 0.6 is 0 Å². The summed E-state index contributed by atoms with van der Waals surface area (Å²) in [5.74, 6) is 0.532. The molecule has 0 radical (unpaired) electrons. The first-order chi connectivity index (χ1) is 28.7. The molecule has 5 nitrogen and oxygen atoms in total. The number of fused-ring (bicyclic) bond motifs is 6. The van der Waals surface area contributed by atoms with E-state index in [9.17, 15) is 0 Å². The van der Waals surface area contributed by atoms with Crippen LogP contribution in [0.3, 0.4) is 0 Å². The highest BCUT2D eigenvalue weighted by molar-refractivity contribution is 6.23. The Bertz CT molecular complexity index is 3270. The summed E-state index contributed by atoms with van der Waals surface area (Å²) in [7, 11) is 0. The Kier molecular flexibility index (Phi) is 8.07. The van der Waals surface area contributed by atoms with Gasteiger partial charge in [-0.25, -0.2) is 4.98 Å². The lowest BCUT2D eigenvalue weighted by atomic mass is 9.96. The van der Waals surface area contributed by atoms with Gasteiger partial charge < -0.3 is 9.32 Å². The topological polar surface area (TPSA) is 55.1 Å². The van der Waals surface area contributed by atoms with Gasteiger partial charge in [0.05, 0.1) is 0 Å². The molecule has 5 heteroatoms. The first kappa shape index (κ1) is 33.4. The molecule has 0 aliphatic rings. The van der Waals surface area contributed by atoms with E-state index < -0.39 is 0 Å². The monoisotopic (exact) mass is 742 g/mol. The molecule has 0 N–H and O–H groups in total. The van der Waals surface area contributed by atoms with Gasteiger partial charge in [0.25, 0.3) is 0 Å². The number of para-hydroxylation sites is 1. The van der Waals surface area contributed by atoms with Crippen molar-refractivity contribution in [2.24, 2.45) is 0 Å². The number of rotatable bonds is 7. The molecule has 0 bridgehead atoms. The van der Waals surface area contributed by atoms with E-state index in [1.165, 1.54) is 10.8 Å². The maximum atomic E-state index is 6.72. The van der Waals surface area contributed by atoms with Crippen LogP contribution in [0.5, 0.6) is 0 Å². The fourth-order valence-electron chi connectivity index (χ4n) is 8.18. The van der Waals surface area contributed by atoms with Gasteiger partial charge >= 0.3 is 0 Å². The minimum absolute atomic E-state index is 0.532. The van der Waals surface area contributed by atoms with Crippen molar-refractivity contribution in [2.45, 2.75) is 0 Å². The number of benzene rings is 9. The third-order valence-electron chi connectivity index (χ3n) is 10.9. The average Bonchev–Trinajstić information content (AvgIpc) is 3.69. The van der Waals surface area contributed by atoms with Crippen molar-refractivity contribution in [2.75, 3.05) is 4.90 Å². The van der Waals surface area contributed by atoms with E-state index in [0.717, 1.165) is 89.0 Å². The molecular formula is C53H34N4O. The molecule has 0 saturated carbocycles. The molecule has 0 amide bonds. The van der Waals surface area contributed by atoms with Gasteiger partial charge in [0.1, 0.15) is 22.6 Å². The van der Waals surface area contributed by atoms with Crippen molar-refractivity contribution in [1.29, 1.82) is 0 Å². The van der Waals surface area contributed by atoms with E-state index in [4.69, 9.17) is 19.6 Å². The number of hydrogen-bond acceptors (Lipinski definition) is 5. The van der Waals surface area contributed by atoms with Gasteiger partial charge in [-0.15, -0.1) is 10.2 Å². The molecule has 0 atom stereocenters. The van der Waals surface area contributed by atoms with E-state index in [1.807, 2.05) is 36.4 Å². The average molecular weight is 743 g/mol. The van der Waals surface area contributed by atoms with E-state index in [-0.39, 0.29) is 0 Å². The molecule has 2 heterocycles. The van der Waals surface area contributed by atoms with E-state index in [2.05, 4.69) is 175 Å². The summed E-state index contributed by atoms with van der Waals surface area (Å²) in [6.45, 7) is 0.